The van der Waals surface area contributed by atoms with Crippen LogP contribution < -0.4 is 0 Å². The molecule has 0 saturated heterocycles. The van der Waals surface area contributed by atoms with Crippen LogP contribution in [0.25, 0.3) is 0 Å². The summed E-state index contributed by atoms with van der Waals surface area (Å²) >= 11 is 6.42. The number of Topliss-reactive ketones (excluding diaryl/α,β-unsaturated/α-hetero) is 1. The monoisotopic (exact) mass is 308 g/mol. The fourth-order valence-corrected chi connectivity index (χ4v) is 2.21. The topological polar surface area (TPSA) is 17.1 Å². The zero-order valence-corrected chi connectivity index (χ0v) is 10.0. The molecule has 0 bridgehead atoms. The van der Waals surface area contributed by atoms with Crippen molar-refractivity contribution >= 4 is 37.6 Å². The van der Waals surface area contributed by atoms with Gasteiger partial charge >= 0.3 is 0 Å². The molecule has 13 heavy (non-hydrogen) atoms. The molecule has 0 aliphatic carbocycles. The van der Waals surface area contributed by atoms with Gasteiger partial charge in [0.1, 0.15) is 11.6 Å². The van der Waals surface area contributed by atoms with Gasteiger partial charge in [-0.3, -0.25) is 4.79 Å². The van der Waals surface area contributed by atoms with Gasteiger partial charge < -0.3 is 0 Å². The summed E-state index contributed by atoms with van der Waals surface area (Å²) in [6.45, 7) is 1.48. The second kappa shape index (κ2) is 4.33. The maximum Gasteiger partial charge on any atom is 0.147 e. The van der Waals surface area contributed by atoms with E-state index in [0.717, 1.165) is 5.56 Å². The van der Waals surface area contributed by atoms with Crippen LogP contribution in [0.15, 0.2) is 22.7 Å². The van der Waals surface area contributed by atoms with Crippen LogP contribution in [0.3, 0.4) is 0 Å². The van der Waals surface area contributed by atoms with Gasteiger partial charge in [0.15, 0.2) is 0 Å². The summed E-state index contributed by atoms with van der Waals surface area (Å²) < 4.78 is 13.3. The van der Waals surface area contributed by atoms with Crippen molar-refractivity contribution in [3.8, 4) is 0 Å². The van der Waals surface area contributed by atoms with E-state index in [1.807, 2.05) is 0 Å². The molecular weight excluding hydrogens is 303 g/mol. The molecule has 70 valence electrons. The van der Waals surface area contributed by atoms with E-state index in [2.05, 4.69) is 31.9 Å². The van der Waals surface area contributed by atoms with E-state index in [9.17, 15) is 9.18 Å². The van der Waals surface area contributed by atoms with Crippen LogP contribution in [0.5, 0.6) is 0 Å². The van der Waals surface area contributed by atoms with Gasteiger partial charge in [-0.05, 0) is 24.6 Å². The molecule has 0 aliphatic rings. The average Bonchev–Trinajstić information content (AvgIpc) is 2.03. The number of rotatable bonds is 2. The fourth-order valence-electron chi connectivity index (χ4n) is 0.926. The summed E-state index contributed by atoms with van der Waals surface area (Å²) in [6, 6.07) is 4.25. The maximum absolute atomic E-state index is 12.7. The number of alkyl halides is 1. The molecule has 1 aromatic rings. The minimum Gasteiger partial charge on any atom is -0.298 e. The first kappa shape index (κ1) is 10.9. The van der Waals surface area contributed by atoms with Crippen molar-refractivity contribution < 1.29 is 9.18 Å². The Labute approximate surface area is 92.6 Å². The van der Waals surface area contributed by atoms with E-state index in [0.29, 0.717) is 4.47 Å². The third kappa shape index (κ3) is 2.61. The van der Waals surface area contributed by atoms with E-state index < -0.39 is 0 Å². The van der Waals surface area contributed by atoms with Crippen molar-refractivity contribution in [1.82, 2.24) is 0 Å². The van der Waals surface area contributed by atoms with Crippen LogP contribution in [-0.2, 0) is 4.79 Å². The Hall–Kier alpha value is -0.220. The Morgan fingerprint density at radius 3 is 2.62 bits per heavy atom. The number of carbonyl (C=O) groups is 1. The Bertz CT molecular complexity index is 338. The summed E-state index contributed by atoms with van der Waals surface area (Å²) in [5.41, 5.74) is 0.744. The summed E-state index contributed by atoms with van der Waals surface area (Å²) in [4.78, 5) is 10.6. The predicted octanol–water partition coefficient (Wildman–Crippen LogP) is 3.61. The first-order valence-corrected chi connectivity index (χ1v) is 5.32. The quantitative estimate of drug-likeness (QED) is 0.763. The maximum atomic E-state index is 12.7. The second-order valence-corrected chi connectivity index (χ2v) is 4.41. The first-order valence-electron chi connectivity index (χ1n) is 3.62. The molecule has 0 aliphatic heterocycles. The van der Waals surface area contributed by atoms with E-state index >= 15 is 0 Å². The van der Waals surface area contributed by atoms with Gasteiger partial charge in [-0.15, -0.1) is 0 Å². The van der Waals surface area contributed by atoms with Crippen LogP contribution in [-0.4, -0.2) is 5.78 Å². The number of benzene rings is 1. The molecule has 1 nitrogen and oxygen atoms in total. The largest absolute Gasteiger partial charge is 0.298 e. The molecule has 0 amide bonds. The molecule has 1 atom stereocenters. The van der Waals surface area contributed by atoms with Gasteiger partial charge in [0, 0.05) is 4.47 Å². The van der Waals surface area contributed by atoms with Crippen molar-refractivity contribution in [2.24, 2.45) is 0 Å². The lowest BCUT2D eigenvalue weighted by molar-refractivity contribution is -0.116. The minimum atomic E-state index is -0.373. The normalized spacial score (nSPS) is 12.6. The summed E-state index contributed by atoms with van der Waals surface area (Å²) in [5, 5.41) is 0. The molecule has 1 rings (SSSR count). The highest BCUT2D eigenvalue weighted by Crippen LogP contribution is 2.30. The van der Waals surface area contributed by atoms with Crippen LogP contribution in [0.2, 0.25) is 0 Å². The molecule has 0 spiro atoms. The molecule has 0 fully saturated rings. The van der Waals surface area contributed by atoms with E-state index in [1.165, 1.54) is 19.1 Å². The van der Waals surface area contributed by atoms with E-state index in [1.54, 1.807) is 6.07 Å². The SMILES string of the molecule is CC(=O)C(Br)c1ccc(F)cc1Br. The lowest BCUT2D eigenvalue weighted by Gasteiger charge is -2.08. The van der Waals surface area contributed by atoms with Gasteiger partial charge in [-0.1, -0.05) is 37.9 Å². The standard InChI is InChI=1S/C9H7Br2FO/c1-5(13)9(11)7-3-2-6(12)4-8(7)10/h2-4,9H,1H3. The zero-order valence-electron chi connectivity index (χ0n) is 6.85. The molecule has 4 heteroatoms. The summed E-state index contributed by atoms with van der Waals surface area (Å²) in [7, 11) is 0. The highest BCUT2D eigenvalue weighted by Gasteiger charge is 2.15. The molecule has 0 N–H and O–H groups in total. The second-order valence-electron chi connectivity index (χ2n) is 2.64. The lowest BCUT2D eigenvalue weighted by atomic mass is 10.1. The molecule has 0 radical (unpaired) electrons. The Morgan fingerprint density at radius 1 is 1.54 bits per heavy atom. The van der Waals surface area contributed by atoms with Crippen molar-refractivity contribution in [2.45, 2.75) is 11.8 Å². The first-order chi connectivity index (χ1) is 6.02. The third-order valence-corrected chi connectivity index (χ3v) is 3.42. The average molecular weight is 310 g/mol. The van der Waals surface area contributed by atoms with E-state index in [4.69, 9.17) is 0 Å². The van der Waals surface area contributed by atoms with Crippen molar-refractivity contribution in [2.75, 3.05) is 0 Å². The van der Waals surface area contributed by atoms with Crippen LogP contribution in [0.1, 0.15) is 17.3 Å². The van der Waals surface area contributed by atoms with Crippen molar-refractivity contribution in [1.29, 1.82) is 0 Å². The number of hydrogen-bond donors (Lipinski definition) is 0. The Kier molecular flexibility index (Phi) is 3.62. The highest BCUT2D eigenvalue weighted by atomic mass is 79.9. The van der Waals surface area contributed by atoms with Crippen molar-refractivity contribution in [3.05, 3.63) is 34.1 Å². The Morgan fingerprint density at radius 2 is 2.15 bits per heavy atom. The van der Waals surface area contributed by atoms with Gasteiger partial charge in [0.05, 0.1) is 4.83 Å². The number of carbonyl (C=O) groups excluding carboxylic acids is 1. The molecule has 1 aromatic carbocycles. The smallest absolute Gasteiger partial charge is 0.147 e. The van der Waals surface area contributed by atoms with Crippen molar-refractivity contribution in [3.63, 3.8) is 0 Å². The number of hydrogen-bond acceptors (Lipinski definition) is 1. The summed E-state index contributed by atoms with van der Waals surface area (Å²) in [6.07, 6.45) is 0. The molecular formula is C9H7Br2FO. The highest BCUT2D eigenvalue weighted by molar-refractivity contribution is 9.11. The van der Waals surface area contributed by atoms with Gasteiger partial charge in [0.25, 0.3) is 0 Å². The van der Waals surface area contributed by atoms with Gasteiger partial charge in [-0.2, -0.15) is 0 Å². The number of ketones is 1. The minimum absolute atomic E-state index is 0.00712. The van der Waals surface area contributed by atoms with Gasteiger partial charge in [-0.25, -0.2) is 4.39 Å². The van der Waals surface area contributed by atoms with E-state index in [-0.39, 0.29) is 16.4 Å². The van der Waals surface area contributed by atoms with Gasteiger partial charge in [0.2, 0.25) is 0 Å². The Balaban J connectivity index is 3.08. The number of halogens is 3. The zero-order chi connectivity index (χ0) is 10.0. The third-order valence-electron chi connectivity index (χ3n) is 1.59. The molecule has 0 saturated carbocycles. The lowest BCUT2D eigenvalue weighted by Crippen LogP contribution is -2.01. The fraction of sp³-hybridized carbons (Fsp3) is 0.222. The summed E-state index contributed by atoms with van der Waals surface area (Å²) in [5.74, 6) is -0.328. The predicted molar refractivity (Wildman–Crippen MR) is 56.4 cm³/mol. The van der Waals surface area contributed by atoms with Crippen LogP contribution in [0.4, 0.5) is 4.39 Å². The van der Waals surface area contributed by atoms with Crippen LogP contribution in [0, 0.1) is 5.82 Å². The molecule has 0 heterocycles. The molecule has 0 aromatic heterocycles. The van der Waals surface area contributed by atoms with Crippen LogP contribution >= 0.6 is 31.9 Å². The molecule has 1 unspecified atom stereocenters.